The van der Waals surface area contributed by atoms with Crippen molar-refractivity contribution in [2.45, 2.75) is 33.2 Å². The van der Waals surface area contributed by atoms with Gasteiger partial charge in [0.15, 0.2) is 0 Å². The van der Waals surface area contributed by atoms with Gasteiger partial charge in [-0.3, -0.25) is 19.2 Å². The molecule has 1 aliphatic rings. The normalized spacial score (nSPS) is 15.0. The third-order valence-corrected chi connectivity index (χ3v) is 5.00. The van der Waals surface area contributed by atoms with Crippen molar-refractivity contribution in [2.75, 3.05) is 38.2 Å². The molecule has 0 bridgehead atoms. The number of H-pyrrole nitrogens is 1. The number of rotatable bonds is 7. The Morgan fingerprint density at radius 1 is 1.15 bits per heavy atom. The summed E-state index contributed by atoms with van der Waals surface area (Å²) in [7, 11) is 0. The Morgan fingerprint density at radius 2 is 1.93 bits per heavy atom. The first kappa shape index (κ1) is 19.4. The summed E-state index contributed by atoms with van der Waals surface area (Å²) in [5.74, 6) is 0.525. The molecule has 7 nitrogen and oxygen atoms in total. The van der Waals surface area contributed by atoms with Gasteiger partial charge in [0.25, 0.3) is 5.56 Å². The highest BCUT2D eigenvalue weighted by molar-refractivity contribution is 5.58. The van der Waals surface area contributed by atoms with Gasteiger partial charge in [0.2, 0.25) is 0 Å². The van der Waals surface area contributed by atoms with Crippen LogP contribution >= 0.6 is 0 Å². The van der Waals surface area contributed by atoms with Crippen LogP contribution in [0.25, 0.3) is 0 Å². The maximum absolute atomic E-state index is 12.3. The molecule has 0 radical (unpaired) electrons. The standard InChI is InChI=1S/C20H28N4O3/c1-3-16-13-17(6-5-15(16)2)21-18-14-19(25)22-20(26)24(18)8-4-7-23-9-11-27-12-10-23/h5-6,13-14,21H,3-4,7-12H2,1-2H3,(H,22,25,26). The summed E-state index contributed by atoms with van der Waals surface area (Å²) in [6.45, 7) is 9.01. The zero-order valence-electron chi connectivity index (χ0n) is 16.1. The van der Waals surface area contributed by atoms with Crippen molar-refractivity contribution in [2.24, 2.45) is 0 Å². The van der Waals surface area contributed by atoms with E-state index in [1.165, 1.54) is 17.2 Å². The molecule has 0 saturated carbocycles. The number of nitrogens with zero attached hydrogens (tertiary/aromatic N) is 2. The summed E-state index contributed by atoms with van der Waals surface area (Å²) < 4.78 is 6.97. The van der Waals surface area contributed by atoms with E-state index >= 15 is 0 Å². The minimum Gasteiger partial charge on any atom is -0.379 e. The average molecular weight is 372 g/mol. The maximum Gasteiger partial charge on any atom is 0.329 e. The molecule has 0 spiro atoms. The molecule has 1 saturated heterocycles. The second kappa shape index (κ2) is 9.01. The van der Waals surface area contributed by atoms with Crippen LogP contribution in [-0.2, 0) is 17.7 Å². The van der Waals surface area contributed by atoms with Gasteiger partial charge in [-0.25, -0.2) is 4.79 Å². The van der Waals surface area contributed by atoms with E-state index < -0.39 is 5.56 Å². The number of hydrogen-bond acceptors (Lipinski definition) is 5. The largest absolute Gasteiger partial charge is 0.379 e. The van der Waals surface area contributed by atoms with Crippen LogP contribution in [0.3, 0.4) is 0 Å². The number of nitrogens with one attached hydrogen (secondary N) is 2. The summed E-state index contributed by atoms with van der Waals surface area (Å²) in [6.07, 6.45) is 1.76. The summed E-state index contributed by atoms with van der Waals surface area (Å²) in [5, 5.41) is 3.25. The highest BCUT2D eigenvalue weighted by Gasteiger charge is 2.11. The summed E-state index contributed by atoms with van der Waals surface area (Å²) in [5.41, 5.74) is 2.58. The van der Waals surface area contributed by atoms with E-state index in [1.807, 2.05) is 6.07 Å². The third-order valence-electron chi connectivity index (χ3n) is 5.00. The van der Waals surface area contributed by atoms with Gasteiger partial charge in [0.1, 0.15) is 5.82 Å². The molecule has 2 heterocycles. The van der Waals surface area contributed by atoms with E-state index in [0.717, 1.165) is 51.4 Å². The van der Waals surface area contributed by atoms with Gasteiger partial charge >= 0.3 is 5.69 Å². The van der Waals surface area contributed by atoms with Gasteiger partial charge in [-0.15, -0.1) is 0 Å². The van der Waals surface area contributed by atoms with Crippen LogP contribution in [0.15, 0.2) is 33.9 Å². The van der Waals surface area contributed by atoms with Crippen molar-refractivity contribution in [3.8, 4) is 0 Å². The quantitative estimate of drug-likeness (QED) is 0.776. The van der Waals surface area contributed by atoms with Gasteiger partial charge < -0.3 is 10.1 Å². The number of morpholine rings is 1. The van der Waals surface area contributed by atoms with Crippen LogP contribution in [-0.4, -0.2) is 47.3 Å². The van der Waals surface area contributed by atoms with Crippen molar-refractivity contribution in [3.63, 3.8) is 0 Å². The van der Waals surface area contributed by atoms with Gasteiger partial charge in [0.05, 0.1) is 13.2 Å². The first-order valence-electron chi connectivity index (χ1n) is 9.57. The Bertz CT molecular complexity index is 882. The molecule has 0 aliphatic carbocycles. The molecule has 7 heteroatoms. The molecule has 1 aromatic heterocycles. The molecule has 1 aromatic carbocycles. The Kier molecular flexibility index (Phi) is 6.47. The third kappa shape index (κ3) is 5.08. The molecule has 27 heavy (non-hydrogen) atoms. The molecule has 146 valence electrons. The van der Waals surface area contributed by atoms with Crippen molar-refractivity contribution in [1.29, 1.82) is 0 Å². The van der Waals surface area contributed by atoms with Crippen LogP contribution < -0.4 is 16.6 Å². The Balaban J connectivity index is 1.76. The molecule has 0 unspecified atom stereocenters. The highest BCUT2D eigenvalue weighted by atomic mass is 16.5. The Hall–Kier alpha value is -2.38. The van der Waals surface area contributed by atoms with Crippen LogP contribution in [0.2, 0.25) is 0 Å². The zero-order chi connectivity index (χ0) is 19.2. The lowest BCUT2D eigenvalue weighted by atomic mass is 10.1. The first-order valence-corrected chi connectivity index (χ1v) is 9.57. The van der Waals surface area contributed by atoms with Crippen molar-refractivity contribution < 1.29 is 4.74 Å². The zero-order valence-corrected chi connectivity index (χ0v) is 16.1. The number of anilines is 2. The first-order chi connectivity index (χ1) is 13.1. The number of aromatic nitrogens is 2. The molecule has 2 N–H and O–H groups in total. The van der Waals surface area contributed by atoms with Gasteiger partial charge in [0, 0.05) is 37.9 Å². The van der Waals surface area contributed by atoms with Crippen molar-refractivity contribution >= 4 is 11.5 Å². The summed E-state index contributed by atoms with van der Waals surface area (Å²) in [4.78, 5) is 28.9. The summed E-state index contributed by atoms with van der Waals surface area (Å²) in [6, 6.07) is 7.54. The summed E-state index contributed by atoms with van der Waals surface area (Å²) >= 11 is 0. The Morgan fingerprint density at radius 3 is 2.67 bits per heavy atom. The van der Waals surface area contributed by atoms with E-state index in [0.29, 0.717) is 12.4 Å². The lowest BCUT2D eigenvalue weighted by Crippen LogP contribution is -2.38. The van der Waals surface area contributed by atoms with E-state index in [9.17, 15) is 9.59 Å². The molecular weight excluding hydrogens is 344 g/mol. The number of aromatic amines is 1. The minimum atomic E-state index is -0.394. The van der Waals surface area contributed by atoms with Crippen LogP contribution in [0.5, 0.6) is 0 Å². The minimum absolute atomic E-state index is 0.380. The van der Waals surface area contributed by atoms with Crippen LogP contribution in [0.1, 0.15) is 24.5 Å². The monoisotopic (exact) mass is 372 g/mol. The average Bonchev–Trinajstić information content (AvgIpc) is 2.66. The topological polar surface area (TPSA) is 79.4 Å². The molecule has 0 atom stereocenters. The Labute approximate surface area is 159 Å². The van der Waals surface area contributed by atoms with E-state index in [1.54, 1.807) is 4.57 Å². The molecule has 0 amide bonds. The predicted octanol–water partition coefficient (Wildman–Crippen LogP) is 1.87. The fourth-order valence-electron chi connectivity index (χ4n) is 3.40. The van der Waals surface area contributed by atoms with Crippen LogP contribution in [0, 0.1) is 6.92 Å². The molecular formula is C20H28N4O3. The molecule has 1 fully saturated rings. The number of ether oxygens (including phenoxy) is 1. The van der Waals surface area contributed by atoms with Gasteiger partial charge in [-0.2, -0.15) is 0 Å². The SMILES string of the molecule is CCc1cc(Nc2cc(=O)[nH]c(=O)n2CCCN2CCOCC2)ccc1C. The molecule has 1 aliphatic heterocycles. The molecule has 2 aromatic rings. The maximum atomic E-state index is 12.3. The fraction of sp³-hybridized carbons (Fsp3) is 0.500. The number of aryl methyl sites for hydroxylation is 2. The van der Waals surface area contributed by atoms with Crippen molar-refractivity contribution in [3.05, 3.63) is 56.2 Å². The second-order valence-electron chi connectivity index (χ2n) is 6.90. The van der Waals surface area contributed by atoms with E-state index in [2.05, 4.69) is 41.2 Å². The van der Waals surface area contributed by atoms with E-state index in [-0.39, 0.29) is 5.69 Å². The lowest BCUT2D eigenvalue weighted by molar-refractivity contribution is 0.0369. The second-order valence-corrected chi connectivity index (χ2v) is 6.90. The predicted molar refractivity (Wildman–Crippen MR) is 107 cm³/mol. The fourth-order valence-corrected chi connectivity index (χ4v) is 3.40. The van der Waals surface area contributed by atoms with Gasteiger partial charge in [-0.1, -0.05) is 13.0 Å². The van der Waals surface area contributed by atoms with Crippen molar-refractivity contribution in [1.82, 2.24) is 14.5 Å². The number of benzene rings is 1. The lowest BCUT2D eigenvalue weighted by Gasteiger charge is -2.26. The molecule has 3 rings (SSSR count). The number of hydrogen-bond donors (Lipinski definition) is 2. The van der Waals surface area contributed by atoms with Gasteiger partial charge in [-0.05, 0) is 43.0 Å². The smallest absolute Gasteiger partial charge is 0.329 e. The van der Waals surface area contributed by atoms with Crippen LogP contribution in [0.4, 0.5) is 11.5 Å². The van der Waals surface area contributed by atoms with E-state index in [4.69, 9.17) is 4.74 Å². The highest BCUT2D eigenvalue weighted by Crippen LogP contribution is 2.19.